The Kier molecular flexibility index (Phi) is 7.79. The second-order valence-electron chi connectivity index (χ2n) is 7.74. The first-order valence-corrected chi connectivity index (χ1v) is 10.7. The maximum absolute atomic E-state index is 12.9. The highest BCUT2D eigenvalue weighted by molar-refractivity contribution is 5.79. The Hall–Kier alpha value is -2.48. The third-order valence-electron chi connectivity index (χ3n) is 5.94. The van der Waals surface area contributed by atoms with Gasteiger partial charge < -0.3 is 24.0 Å². The molecule has 166 valence electrons. The second-order valence-corrected chi connectivity index (χ2v) is 7.74. The predicted molar refractivity (Wildman–Crippen MR) is 113 cm³/mol. The van der Waals surface area contributed by atoms with Crippen LogP contribution in [0, 0.1) is 5.92 Å². The summed E-state index contributed by atoms with van der Waals surface area (Å²) in [6.07, 6.45) is 1.14. The van der Waals surface area contributed by atoms with Crippen molar-refractivity contribution in [3.05, 3.63) is 23.8 Å². The summed E-state index contributed by atoms with van der Waals surface area (Å²) in [7, 11) is 3.34. The standard InChI is InChI=1S/C22H33N3O5/c1-4-30-22(27)25-9-7-17(8-10-25)21(26)24-13-11-23(12-14-24)16-18-15-19(28-2)5-6-20(18)29-3/h5-6,15,17H,4,7-14,16H2,1-3H3. The molecule has 2 fully saturated rings. The van der Waals surface area contributed by atoms with Gasteiger partial charge >= 0.3 is 6.09 Å². The lowest BCUT2D eigenvalue weighted by atomic mass is 9.95. The van der Waals surface area contributed by atoms with Crippen LogP contribution < -0.4 is 9.47 Å². The van der Waals surface area contributed by atoms with E-state index in [1.54, 1.807) is 26.0 Å². The molecule has 2 aliphatic rings. The highest BCUT2D eigenvalue weighted by Crippen LogP contribution is 2.26. The van der Waals surface area contributed by atoms with Gasteiger partial charge in [-0.2, -0.15) is 0 Å². The third kappa shape index (κ3) is 5.36. The van der Waals surface area contributed by atoms with Gasteiger partial charge in [0, 0.05) is 57.3 Å². The van der Waals surface area contributed by atoms with Crippen LogP contribution in [-0.4, -0.2) is 86.8 Å². The number of ether oxygens (including phenoxy) is 3. The monoisotopic (exact) mass is 419 g/mol. The molecule has 3 rings (SSSR count). The van der Waals surface area contributed by atoms with E-state index in [0.717, 1.165) is 49.8 Å². The van der Waals surface area contributed by atoms with Crippen molar-refractivity contribution in [2.24, 2.45) is 5.92 Å². The fourth-order valence-electron chi connectivity index (χ4n) is 4.15. The Morgan fingerprint density at radius 1 is 0.967 bits per heavy atom. The van der Waals surface area contributed by atoms with Crippen LogP contribution in [0.25, 0.3) is 0 Å². The van der Waals surface area contributed by atoms with Crippen molar-refractivity contribution >= 4 is 12.0 Å². The van der Waals surface area contributed by atoms with E-state index in [-0.39, 0.29) is 17.9 Å². The van der Waals surface area contributed by atoms with Gasteiger partial charge in [0.1, 0.15) is 11.5 Å². The molecule has 0 aromatic heterocycles. The highest BCUT2D eigenvalue weighted by atomic mass is 16.6. The number of carbonyl (C=O) groups is 2. The van der Waals surface area contributed by atoms with E-state index in [0.29, 0.717) is 32.5 Å². The number of nitrogens with zero attached hydrogens (tertiary/aromatic N) is 3. The Bertz CT molecular complexity index is 725. The Labute approximate surface area is 178 Å². The Morgan fingerprint density at radius 3 is 2.27 bits per heavy atom. The van der Waals surface area contributed by atoms with E-state index in [4.69, 9.17) is 14.2 Å². The Balaban J connectivity index is 1.48. The normalized spacial score (nSPS) is 18.2. The number of likely N-dealkylation sites (tertiary alicyclic amines) is 1. The number of piperidine rings is 1. The molecule has 2 aliphatic heterocycles. The van der Waals surface area contributed by atoms with Gasteiger partial charge in [-0.1, -0.05) is 0 Å². The topological polar surface area (TPSA) is 71.6 Å². The zero-order chi connectivity index (χ0) is 21.5. The minimum absolute atomic E-state index is 0.000653. The van der Waals surface area contributed by atoms with Crippen LogP contribution in [0.15, 0.2) is 18.2 Å². The fraction of sp³-hybridized carbons (Fsp3) is 0.636. The number of hydrogen-bond donors (Lipinski definition) is 0. The van der Waals surface area contributed by atoms with Crippen LogP contribution in [0.3, 0.4) is 0 Å². The van der Waals surface area contributed by atoms with E-state index in [1.807, 2.05) is 23.1 Å². The lowest BCUT2D eigenvalue weighted by Crippen LogP contribution is -2.51. The molecule has 2 amide bonds. The lowest BCUT2D eigenvalue weighted by Gasteiger charge is -2.38. The lowest BCUT2D eigenvalue weighted by molar-refractivity contribution is -0.138. The van der Waals surface area contributed by atoms with Crippen molar-refractivity contribution in [1.29, 1.82) is 0 Å². The molecular weight excluding hydrogens is 386 g/mol. The molecule has 1 aromatic carbocycles. The zero-order valence-electron chi connectivity index (χ0n) is 18.3. The van der Waals surface area contributed by atoms with Gasteiger partial charge in [0.15, 0.2) is 0 Å². The highest BCUT2D eigenvalue weighted by Gasteiger charge is 2.32. The first-order valence-electron chi connectivity index (χ1n) is 10.7. The summed E-state index contributed by atoms with van der Waals surface area (Å²) in [6, 6.07) is 5.83. The van der Waals surface area contributed by atoms with Gasteiger partial charge in [0.25, 0.3) is 0 Å². The first-order chi connectivity index (χ1) is 14.5. The molecule has 8 nitrogen and oxygen atoms in total. The van der Waals surface area contributed by atoms with Crippen molar-refractivity contribution in [3.63, 3.8) is 0 Å². The van der Waals surface area contributed by atoms with Gasteiger partial charge in [-0.05, 0) is 38.0 Å². The first kappa shape index (κ1) is 22.2. The molecule has 0 radical (unpaired) electrons. The summed E-state index contributed by atoms with van der Waals surface area (Å²) in [5.41, 5.74) is 1.09. The van der Waals surface area contributed by atoms with Gasteiger partial charge in [0.05, 0.1) is 20.8 Å². The molecule has 30 heavy (non-hydrogen) atoms. The maximum Gasteiger partial charge on any atom is 0.409 e. The fourth-order valence-corrected chi connectivity index (χ4v) is 4.15. The van der Waals surface area contributed by atoms with Crippen LogP contribution in [0.2, 0.25) is 0 Å². The molecular formula is C22H33N3O5. The Morgan fingerprint density at radius 2 is 1.67 bits per heavy atom. The number of hydrogen-bond acceptors (Lipinski definition) is 6. The van der Waals surface area contributed by atoms with Gasteiger partial charge in [-0.15, -0.1) is 0 Å². The van der Waals surface area contributed by atoms with Crippen LogP contribution in [-0.2, 0) is 16.1 Å². The molecule has 0 spiro atoms. The molecule has 0 saturated carbocycles. The number of benzene rings is 1. The largest absolute Gasteiger partial charge is 0.497 e. The van der Waals surface area contributed by atoms with E-state index >= 15 is 0 Å². The minimum atomic E-state index is -0.273. The van der Waals surface area contributed by atoms with E-state index in [1.165, 1.54) is 0 Å². The van der Waals surface area contributed by atoms with Crippen LogP contribution in [0.4, 0.5) is 4.79 Å². The number of methoxy groups -OCH3 is 2. The number of amides is 2. The smallest absolute Gasteiger partial charge is 0.409 e. The number of carbonyl (C=O) groups excluding carboxylic acids is 2. The maximum atomic E-state index is 12.9. The quantitative estimate of drug-likeness (QED) is 0.704. The summed E-state index contributed by atoms with van der Waals surface area (Å²) < 4.78 is 15.9. The predicted octanol–water partition coefficient (Wildman–Crippen LogP) is 2.22. The molecule has 0 bridgehead atoms. The van der Waals surface area contributed by atoms with Gasteiger partial charge in [-0.3, -0.25) is 9.69 Å². The summed E-state index contributed by atoms with van der Waals surface area (Å²) in [6.45, 7) is 7.23. The molecule has 0 unspecified atom stereocenters. The molecule has 2 heterocycles. The van der Waals surface area contributed by atoms with Crippen molar-refractivity contribution in [2.75, 3.05) is 60.1 Å². The molecule has 2 saturated heterocycles. The average molecular weight is 420 g/mol. The third-order valence-corrected chi connectivity index (χ3v) is 5.94. The van der Waals surface area contributed by atoms with Crippen LogP contribution in [0.5, 0.6) is 11.5 Å². The molecule has 8 heteroatoms. The van der Waals surface area contributed by atoms with Crippen LogP contribution in [0.1, 0.15) is 25.3 Å². The van der Waals surface area contributed by atoms with Gasteiger partial charge in [0.2, 0.25) is 5.91 Å². The SMILES string of the molecule is CCOC(=O)N1CCC(C(=O)N2CCN(Cc3cc(OC)ccc3OC)CC2)CC1. The van der Waals surface area contributed by atoms with Crippen molar-refractivity contribution < 1.29 is 23.8 Å². The summed E-state index contributed by atoms with van der Waals surface area (Å²) >= 11 is 0. The van der Waals surface area contributed by atoms with Crippen molar-refractivity contribution in [1.82, 2.24) is 14.7 Å². The summed E-state index contributed by atoms with van der Waals surface area (Å²) in [5, 5.41) is 0. The van der Waals surface area contributed by atoms with E-state index in [9.17, 15) is 9.59 Å². The number of piperazine rings is 1. The molecule has 0 atom stereocenters. The molecule has 1 aromatic rings. The van der Waals surface area contributed by atoms with E-state index in [2.05, 4.69) is 4.90 Å². The summed E-state index contributed by atoms with van der Waals surface area (Å²) in [5.74, 6) is 1.88. The molecule has 0 aliphatic carbocycles. The number of rotatable bonds is 6. The minimum Gasteiger partial charge on any atom is -0.497 e. The van der Waals surface area contributed by atoms with E-state index < -0.39 is 0 Å². The second kappa shape index (κ2) is 10.5. The van der Waals surface area contributed by atoms with Crippen molar-refractivity contribution in [3.8, 4) is 11.5 Å². The zero-order valence-corrected chi connectivity index (χ0v) is 18.3. The van der Waals surface area contributed by atoms with Crippen LogP contribution >= 0.6 is 0 Å². The van der Waals surface area contributed by atoms with Gasteiger partial charge in [-0.25, -0.2) is 4.79 Å². The summed E-state index contributed by atoms with van der Waals surface area (Å²) in [4.78, 5) is 30.8. The molecule has 0 N–H and O–H groups in total. The van der Waals surface area contributed by atoms with Crippen molar-refractivity contribution in [2.45, 2.75) is 26.3 Å². The average Bonchev–Trinajstić information content (AvgIpc) is 2.79.